The van der Waals surface area contributed by atoms with Gasteiger partial charge in [0.1, 0.15) is 5.82 Å². The highest BCUT2D eigenvalue weighted by molar-refractivity contribution is 8.00. The highest BCUT2D eigenvalue weighted by atomic mass is 32.2. The van der Waals surface area contributed by atoms with E-state index in [9.17, 15) is 4.39 Å². The van der Waals surface area contributed by atoms with Crippen molar-refractivity contribution < 1.29 is 4.39 Å². The predicted octanol–water partition coefficient (Wildman–Crippen LogP) is 7.26. The van der Waals surface area contributed by atoms with Gasteiger partial charge < -0.3 is 4.72 Å². The van der Waals surface area contributed by atoms with Crippen molar-refractivity contribution in [3.05, 3.63) is 109 Å². The van der Waals surface area contributed by atoms with Crippen LogP contribution in [0.1, 0.15) is 5.56 Å². The van der Waals surface area contributed by atoms with Crippen molar-refractivity contribution in [3.63, 3.8) is 0 Å². The number of nitrogens with zero attached hydrogens (tertiary/aromatic N) is 2. The van der Waals surface area contributed by atoms with E-state index in [1.54, 1.807) is 24.9 Å². The summed E-state index contributed by atoms with van der Waals surface area (Å²) in [5, 5.41) is 5.56. The third-order valence-electron chi connectivity index (χ3n) is 5.20. The van der Waals surface area contributed by atoms with Gasteiger partial charge in [-0.3, -0.25) is 0 Å². The molecule has 1 N–H and O–H groups in total. The van der Waals surface area contributed by atoms with E-state index in [-0.39, 0.29) is 5.82 Å². The Hall–Kier alpha value is -3.57. The second-order valence-electron chi connectivity index (χ2n) is 7.36. The lowest BCUT2D eigenvalue weighted by atomic mass is 10.0. The number of halogens is 1. The Labute approximate surface area is 184 Å². The van der Waals surface area contributed by atoms with Gasteiger partial charge in [0.15, 0.2) is 0 Å². The van der Waals surface area contributed by atoms with Crippen molar-refractivity contribution >= 4 is 28.5 Å². The maximum Gasteiger partial charge on any atom is 0.126 e. The zero-order valence-corrected chi connectivity index (χ0v) is 17.7. The zero-order chi connectivity index (χ0) is 21.2. The van der Waals surface area contributed by atoms with Crippen molar-refractivity contribution in [2.75, 3.05) is 4.72 Å². The number of hydrogen-bond acceptors (Lipinski definition) is 3. The first-order valence-electron chi connectivity index (χ1n) is 10.00. The van der Waals surface area contributed by atoms with E-state index in [4.69, 9.17) is 0 Å². The Morgan fingerprint density at radius 1 is 0.839 bits per heavy atom. The summed E-state index contributed by atoms with van der Waals surface area (Å²) < 4.78 is 18.8. The topological polar surface area (TPSA) is 29.9 Å². The monoisotopic (exact) mass is 425 g/mol. The van der Waals surface area contributed by atoms with Gasteiger partial charge in [0.2, 0.25) is 0 Å². The number of fused-ring (bicyclic) bond motifs is 1. The molecular formula is C26H20FN3S. The van der Waals surface area contributed by atoms with E-state index in [0.29, 0.717) is 5.56 Å². The molecule has 152 valence electrons. The molecule has 3 nitrogen and oxygen atoms in total. The largest absolute Gasteiger partial charge is 0.326 e. The summed E-state index contributed by atoms with van der Waals surface area (Å²) in [6.07, 6.45) is 1.85. The molecule has 5 rings (SSSR count). The molecule has 0 aliphatic heterocycles. The van der Waals surface area contributed by atoms with Gasteiger partial charge in [0.05, 0.1) is 17.4 Å². The van der Waals surface area contributed by atoms with Gasteiger partial charge in [0.25, 0.3) is 0 Å². The summed E-state index contributed by atoms with van der Waals surface area (Å²) in [6, 6.07) is 30.0. The van der Waals surface area contributed by atoms with Crippen LogP contribution in [0.4, 0.5) is 10.1 Å². The van der Waals surface area contributed by atoms with Gasteiger partial charge in [-0.1, -0.05) is 36.4 Å². The summed E-state index contributed by atoms with van der Waals surface area (Å²) in [4.78, 5) is 1.17. The van der Waals surface area contributed by atoms with Crippen LogP contribution in [0.15, 0.2) is 102 Å². The first-order valence-corrected chi connectivity index (χ1v) is 10.8. The predicted molar refractivity (Wildman–Crippen MR) is 127 cm³/mol. The Morgan fingerprint density at radius 3 is 2.39 bits per heavy atom. The maximum atomic E-state index is 13.6. The number of hydrogen-bond donors (Lipinski definition) is 1. The molecule has 0 fully saturated rings. The first-order chi connectivity index (χ1) is 15.2. The lowest BCUT2D eigenvalue weighted by Gasteiger charge is -2.08. The fourth-order valence-electron chi connectivity index (χ4n) is 3.52. The molecule has 1 heterocycles. The molecule has 0 atom stereocenters. The summed E-state index contributed by atoms with van der Waals surface area (Å²) in [5.74, 6) is -0.206. The van der Waals surface area contributed by atoms with Crippen molar-refractivity contribution in [3.8, 4) is 16.8 Å². The number of benzene rings is 4. The Balaban J connectivity index is 1.37. The van der Waals surface area contributed by atoms with Gasteiger partial charge in [-0.2, -0.15) is 5.10 Å². The fraction of sp³-hybridized carbons (Fsp3) is 0.0385. The molecule has 1 aromatic heterocycles. The molecule has 4 aromatic carbocycles. The number of nitrogens with one attached hydrogen (secondary N) is 1. The van der Waals surface area contributed by atoms with Crippen LogP contribution in [-0.4, -0.2) is 9.78 Å². The second kappa shape index (κ2) is 8.28. The van der Waals surface area contributed by atoms with Gasteiger partial charge in [-0.05, 0) is 90.2 Å². The van der Waals surface area contributed by atoms with Crippen molar-refractivity contribution in [1.82, 2.24) is 9.78 Å². The standard InChI is InChI=1S/C26H20FN3S/c1-18-15-23(12-13-25(18)27)30-26-14-9-20(16-21(26)17-28-30)19-7-10-22(11-8-19)29-31-24-5-3-2-4-6-24/h2-17,29H,1H3. The minimum atomic E-state index is -0.206. The van der Waals surface area contributed by atoms with Crippen LogP contribution in [0.2, 0.25) is 0 Å². The quantitative estimate of drug-likeness (QED) is 0.301. The molecule has 31 heavy (non-hydrogen) atoms. The van der Waals surface area contributed by atoms with Crippen LogP contribution in [0.5, 0.6) is 0 Å². The average molecular weight is 426 g/mol. The number of aryl methyl sites for hydroxylation is 1. The Bertz CT molecular complexity index is 1340. The van der Waals surface area contributed by atoms with Gasteiger partial charge in [0, 0.05) is 16.0 Å². The van der Waals surface area contributed by atoms with E-state index < -0.39 is 0 Å². The normalized spacial score (nSPS) is 11.0. The maximum absolute atomic E-state index is 13.6. The molecular weight excluding hydrogens is 405 g/mol. The molecule has 0 spiro atoms. The molecule has 5 aromatic rings. The summed E-state index contributed by atoms with van der Waals surface area (Å²) >= 11 is 1.60. The second-order valence-corrected chi connectivity index (χ2v) is 8.24. The van der Waals surface area contributed by atoms with Crippen molar-refractivity contribution in [2.45, 2.75) is 11.8 Å². The number of aromatic nitrogens is 2. The Morgan fingerprint density at radius 2 is 1.61 bits per heavy atom. The van der Waals surface area contributed by atoms with E-state index in [1.165, 1.54) is 11.0 Å². The minimum absolute atomic E-state index is 0.206. The van der Waals surface area contributed by atoms with E-state index in [0.717, 1.165) is 33.4 Å². The van der Waals surface area contributed by atoms with Crippen LogP contribution >= 0.6 is 11.9 Å². The molecule has 0 aliphatic carbocycles. The lowest BCUT2D eigenvalue weighted by molar-refractivity contribution is 0.617. The molecule has 0 saturated heterocycles. The Kier molecular flexibility index (Phi) is 5.18. The van der Waals surface area contributed by atoms with Crippen LogP contribution in [0, 0.1) is 12.7 Å². The van der Waals surface area contributed by atoms with Crippen LogP contribution < -0.4 is 4.72 Å². The SMILES string of the molecule is Cc1cc(-n2ncc3cc(-c4ccc(NSc5ccccc5)cc4)ccc32)ccc1F. The minimum Gasteiger partial charge on any atom is -0.326 e. The third kappa shape index (κ3) is 4.05. The zero-order valence-electron chi connectivity index (χ0n) is 16.9. The van der Waals surface area contributed by atoms with Crippen LogP contribution in [-0.2, 0) is 0 Å². The first kappa shape index (κ1) is 19.4. The number of rotatable bonds is 5. The van der Waals surface area contributed by atoms with Crippen LogP contribution in [0.3, 0.4) is 0 Å². The molecule has 0 amide bonds. The van der Waals surface area contributed by atoms with E-state index >= 15 is 0 Å². The molecule has 0 aliphatic rings. The van der Waals surface area contributed by atoms with Gasteiger partial charge >= 0.3 is 0 Å². The van der Waals surface area contributed by atoms with E-state index in [2.05, 4.69) is 64.4 Å². The summed E-state index contributed by atoms with van der Waals surface area (Å²) in [7, 11) is 0. The molecule has 0 bridgehead atoms. The molecule has 5 heteroatoms. The highest BCUT2D eigenvalue weighted by Crippen LogP contribution is 2.28. The van der Waals surface area contributed by atoms with Crippen molar-refractivity contribution in [2.24, 2.45) is 0 Å². The smallest absolute Gasteiger partial charge is 0.126 e. The number of anilines is 1. The van der Waals surface area contributed by atoms with E-state index in [1.807, 2.05) is 35.1 Å². The molecule has 0 radical (unpaired) electrons. The highest BCUT2D eigenvalue weighted by Gasteiger charge is 2.08. The summed E-state index contributed by atoms with van der Waals surface area (Å²) in [6.45, 7) is 1.76. The lowest BCUT2D eigenvalue weighted by Crippen LogP contribution is -1.97. The molecule has 0 unspecified atom stereocenters. The molecule has 0 saturated carbocycles. The van der Waals surface area contributed by atoms with Crippen LogP contribution in [0.25, 0.3) is 27.7 Å². The van der Waals surface area contributed by atoms with Crippen molar-refractivity contribution in [1.29, 1.82) is 0 Å². The summed E-state index contributed by atoms with van der Waals surface area (Å²) in [5.41, 5.74) is 5.78. The third-order valence-corrected chi connectivity index (χ3v) is 6.05. The average Bonchev–Trinajstić information content (AvgIpc) is 3.24. The van der Waals surface area contributed by atoms with Gasteiger partial charge in [-0.15, -0.1) is 0 Å². The fourth-order valence-corrected chi connectivity index (χ4v) is 4.18. The van der Waals surface area contributed by atoms with Gasteiger partial charge in [-0.25, -0.2) is 9.07 Å².